The molecule has 1 N–H and O–H groups in total. The molecule has 0 amide bonds. The number of hydrogen-bond donors (Lipinski definition) is 1. The second kappa shape index (κ2) is 6.46. The largest absolute Gasteiger partial charge is 0.494 e. The van der Waals surface area contributed by atoms with Crippen LogP contribution in [-0.2, 0) is 0 Å². The monoisotopic (exact) mass is 208 g/mol. The van der Waals surface area contributed by atoms with Crippen molar-refractivity contribution in [3.63, 3.8) is 0 Å². The van der Waals surface area contributed by atoms with Gasteiger partial charge in [-0.3, -0.25) is 0 Å². The van der Waals surface area contributed by atoms with Crippen molar-refractivity contribution in [1.29, 1.82) is 0 Å². The van der Waals surface area contributed by atoms with Gasteiger partial charge in [0.15, 0.2) is 0 Å². The number of aliphatic hydroxyl groups excluding tert-OH is 1. The van der Waals surface area contributed by atoms with Crippen LogP contribution < -0.4 is 4.74 Å². The van der Waals surface area contributed by atoms with Gasteiger partial charge in [-0.1, -0.05) is 6.07 Å². The number of benzene rings is 1. The molecule has 0 unspecified atom stereocenters. The summed E-state index contributed by atoms with van der Waals surface area (Å²) in [5, 5.41) is 8.61. The second-order valence-corrected chi connectivity index (χ2v) is 3.88. The summed E-state index contributed by atoms with van der Waals surface area (Å²) in [6, 6.07) is 6.16. The SMILES string of the molecule is Cc1ccc(OCCCCCO)cc1C. The first-order valence-electron chi connectivity index (χ1n) is 5.55. The minimum atomic E-state index is 0.281. The summed E-state index contributed by atoms with van der Waals surface area (Å²) < 4.78 is 5.61. The van der Waals surface area contributed by atoms with Gasteiger partial charge in [0.2, 0.25) is 0 Å². The van der Waals surface area contributed by atoms with Crippen molar-refractivity contribution in [3.05, 3.63) is 29.3 Å². The third-order valence-electron chi connectivity index (χ3n) is 2.55. The van der Waals surface area contributed by atoms with E-state index < -0.39 is 0 Å². The fourth-order valence-electron chi connectivity index (χ4n) is 1.38. The van der Waals surface area contributed by atoms with Gasteiger partial charge in [-0.05, 0) is 56.4 Å². The van der Waals surface area contributed by atoms with E-state index in [1.807, 2.05) is 6.07 Å². The second-order valence-electron chi connectivity index (χ2n) is 3.88. The van der Waals surface area contributed by atoms with Crippen molar-refractivity contribution >= 4 is 0 Å². The Balaban J connectivity index is 2.28. The van der Waals surface area contributed by atoms with E-state index in [1.165, 1.54) is 11.1 Å². The van der Waals surface area contributed by atoms with Gasteiger partial charge in [-0.15, -0.1) is 0 Å². The Kier molecular flexibility index (Phi) is 5.19. The highest BCUT2D eigenvalue weighted by Crippen LogP contribution is 2.16. The van der Waals surface area contributed by atoms with Gasteiger partial charge in [-0.2, -0.15) is 0 Å². The van der Waals surface area contributed by atoms with E-state index in [1.54, 1.807) is 0 Å². The number of ether oxygens (including phenoxy) is 1. The van der Waals surface area contributed by atoms with Gasteiger partial charge >= 0.3 is 0 Å². The third kappa shape index (κ3) is 4.34. The van der Waals surface area contributed by atoms with Crippen LogP contribution in [0.4, 0.5) is 0 Å². The number of rotatable bonds is 6. The van der Waals surface area contributed by atoms with E-state index in [4.69, 9.17) is 9.84 Å². The molecular weight excluding hydrogens is 188 g/mol. The summed E-state index contributed by atoms with van der Waals surface area (Å²) in [4.78, 5) is 0. The molecule has 0 aliphatic rings. The van der Waals surface area contributed by atoms with Crippen LogP contribution in [0.1, 0.15) is 30.4 Å². The molecule has 0 aromatic heterocycles. The maximum atomic E-state index is 8.61. The van der Waals surface area contributed by atoms with Crippen LogP contribution in [0.15, 0.2) is 18.2 Å². The van der Waals surface area contributed by atoms with Crippen molar-refractivity contribution in [3.8, 4) is 5.75 Å². The van der Waals surface area contributed by atoms with Crippen LogP contribution in [0.3, 0.4) is 0 Å². The first-order valence-corrected chi connectivity index (χ1v) is 5.55. The topological polar surface area (TPSA) is 29.5 Å². The molecule has 0 saturated carbocycles. The fraction of sp³-hybridized carbons (Fsp3) is 0.538. The molecule has 0 radical (unpaired) electrons. The molecule has 2 heteroatoms. The summed E-state index contributed by atoms with van der Waals surface area (Å²) in [7, 11) is 0. The van der Waals surface area contributed by atoms with Crippen LogP contribution in [0, 0.1) is 13.8 Å². The van der Waals surface area contributed by atoms with Crippen LogP contribution in [0.5, 0.6) is 5.75 Å². The zero-order valence-corrected chi connectivity index (χ0v) is 9.62. The minimum absolute atomic E-state index is 0.281. The highest BCUT2D eigenvalue weighted by atomic mass is 16.5. The Morgan fingerprint density at radius 3 is 2.53 bits per heavy atom. The van der Waals surface area contributed by atoms with Crippen LogP contribution in [-0.4, -0.2) is 18.3 Å². The lowest BCUT2D eigenvalue weighted by Crippen LogP contribution is -1.98. The van der Waals surface area contributed by atoms with E-state index in [2.05, 4.69) is 26.0 Å². The highest BCUT2D eigenvalue weighted by Gasteiger charge is 1.96. The molecular formula is C13H20O2. The Labute approximate surface area is 91.9 Å². The van der Waals surface area contributed by atoms with Crippen molar-refractivity contribution in [2.45, 2.75) is 33.1 Å². The molecule has 1 rings (SSSR count). The average molecular weight is 208 g/mol. The van der Waals surface area contributed by atoms with Crippen LogP contribution >= 0.6 is 0 Å². The summed E-state index contributed by atoms with van der Waals surface area (Å²) in [5.74, 6) is 0.946. The van der Waals surface area contributed by atoms with E-state index in [-0.39, 0.29) is 6.61 Å². The molecule has 0 bridgehead atoms. The summed E-state index contributed by atoms with van der Waals surface area (Å²) in [5.41, 5.74) is 2.56. The van der Waals surface area contributed by atoms with Gasteiger partial charge in [0.1, 0.15) is 5.75 Å². The van der Waals surface area contributed by atoms with Crippen LogP contribution in [0.25, 0.3) is 0 Å². The Bertz CT molecular complexity index is 295. The molecule has 0 heterocycles. The van der Waals surface area contributed by atoms with Gasteiger partial charge < -0.3 is 9.84 Å². The van der Waals surface area contributed by atoms with Crippen molar-refractivity contribution < 1.29 is 9.84 Å². The van der Waals surface area contributed by atoms with Crippen molar-refractivity contribution in [2.75, 3.05) is 13.2 Å². The van der Waals surface area contributed by atoms with E-state index in [0.717, 1.165) is 31.6 Å². The standard InChI is InChI=1S/C13H20O2/c1-11-6-7-13(10-12(11)2)15-9-5-3-4-8-14/h6-7,10,14H,3-5,8-9H2,1-2H3. The van der Waals surface area contributed by atoms with Gasteiger partial charge in [0, 0.05) is 6.61 Å². The highest BCUT2D eigenvalue weighted by molar-refractivity contribution is 5.33. The third-order valence-corrected chi connectivity index (χ3v) is 2.55. The Morgan fingerprint density at radius 1 is 1.07 bits per heavy atom. The molecule has 15 heavy (non-hydrogen) atoms. The van der Waals surface area contributed by atoms with Crippen molar-refractivity contribution in [2.24, 2.45) is 0 Å². The lowest BCUT2D eigenvalue weighted by Gasteiger charge is -2.07. The smallest absolute Gasteiger partial charge is 0.119 e. The number of aliphatic hydroxyl groups is 1. The zero-order valence-electron chi connectivity index (χ0n) is 9.62. The summed E-state index contributed by atoms with van der Waals surface area (Å²) in [6.45, 7) is 5.21. The van der Waals surface area contributed by atoms with Gasteiger partial charge in [0.25, 0.3) is 0 Å². The van der Waals surface area contributed by atoms with Gasteiger partial charge in [-0.25, -0.2) is 0 Å². The molecule has 0 fully saturated rings. The fourth-order valence-corrected chi connectivity index (χ4v) is 1.38. The number of hydrogen-bond acceptors (Lipinski definition) is 2. The molecule has 84 valence electrons. The minimum Gasteiger partial charge on any atom is -0.494 e. The van der Waals surface area contributed by atoms with E-state index in [0.29, 0.717) is 0 Å². The summed E-state index contributed by atoms with van der Waals surface area (Å²) in [6.07, 6.45) is 2.91. The predicted molar refractivity (Wildman–Crippen MR) is 62.3 cm³/mol. The molecule has 0 atom stereocenters. The van der Waals surface area contributed by atoms with Gasteiger partial charge in [0.05, 0.1) is 6.61 Å². The first kappa shape index (κ1) is 12.1. The number of aryl methyl sites for hydroxylation is 2. The molecule has 0 aliphatic heterocycles. The zero-order chi connectivity index (χ0) is 11.1. The molecule has 1 aromatic rings. The van der Waals surface area contributed by atoms with Crippen LogP contribution in [0.2, 0.25) is 0 Å². The first-order chi connectivity index (χ1) is 7.24. The molecule has 0 spiro atoms. The molecule has 1 aromatic carbocycles. The quantitative estimate of drug-likeness (QED) is 0.728. The normalized spacial score (nSPS) is 10.3. The van der Waals surface area contributed by atoms with Crippen molar-refractivity contribution in [1.82, 2.24) is 0 Å². The lowest BCUT2D eigenvalue weighted by molar-refractivity contribution is 0.266. The Morgan fingerprint density at radius 2 is 1.87 bits per heavy atom. The molecule has 0 aliphatic carbocycles. The molecule has 0 saturated heterocycles. The van der Waals surface area contributed by atoms with E-state index in [9.17, 15) is 0 Å². The maximum Gasteiger partial charge on any atom is 0.119 e. The number of unbranched alkanes of at least 4 members (excludes halogenated alkanes) is 2. The van der Waals surface area contributed by atoms with E-state index >= 15 is 0 Å². The lowest BCUT2D eigenvalue weighted by atomic mass is 10.1. The molecule has 2 nitrogen and oxygen atoms in total. The predicted octanol–water partition coefficient (Wildman–Crippen LogP) is 2.84. The maximum absolute atomic E-state index is 8.61. The average Bonchev–Trinajstić information content (AvgIpc) is 2.23. The summed E-state index contributed by atoms with van der Waals surface area (Å²) >= 11 is 0. The Hall–Kier alpha value is -1.02.